The minimum absolute atomic E-state index is 0.0126. The van der Waals surface area contributed by atoms with Crippen molar-refractivity contribution in [1.82, 2.24) is 5.32 Å². The van der Waals surface area contributed by atoms with Crippen LogP contribution in [0.2, 0.25) is 5.02 Å². The molecule has 0 atom stereocenters. The molecule has 1 aromatic carbocycles. The lowest BCUT2D eigenvalue weighted by Gasteiger charge is -2.07. The van der Waals surface area contributed by atoms with Crippen LogP contribution in [0.15, 0.2) is 30.0 Å². The monoisotopic (exact) mass is 349 g/mol. The molecule has 0 saturated carbocycles. The normalized spacial score (nSPS) is 11.0. The van der Waals surface area contributed by atoms with Gasteiger partial charge in [-0.3, -0.25) is 4.79 Å². The molecule has 0 fully saturated rings. The highest BCUT2D eigenvalue weighted by atomic mass is 35.5. The average Bonchev–Trinajstić information content (AvgIpc) is 2.57. The number of nitrogens with zero attached hydrogens (tertiary/aromatic N) is 1. The summed E-state index contributed by atoms with van der Waals surface area (Å²) in [6, 6.07) is 7.33. The Kier molecular flexibility index (Phi) is 9.59. The first kappa shape index (κ1) is 20.0. The topological polar surface area (TPSA) is 74.1 Å². The molecule has 0 aliphatic carbocycles. The number of benzene rings is 1. The minimum atomic E-state index is -0.406. The zero-order valence-electron chi connectivity index (χ0n) is 14.2. The second-order valence-corrected chi connectivity index (χ2v) is 5.76. The van der Waals surface area contributed by atoms with E-state index in [2.05, 4.69) is 17.6 Å². The Balaban J connectivity index is 2.40. The van der Waals surface area contributed by atoms with Gasteiger partial charge in [0.15, 0.2) is 0 Å². The molecule has 0 aromatic heterocycles. The number of aryl methyl sites for hydroxylation is 1. The lowest BCUT2D eigenvalue weighted by molar-refractivity contribution is -0.117. The second kappa shape index (κ2) is 11.5. The van der Waals surface area contributed by atoms with Crippen LogP contribution in [0.5, 0.6) is 0 Å². The summed E-state index contributed by atoms with van der Waals surface area (Å²) in [6.45, 7) is 5.84. The molecule has 24 heavy (non-hydrogen) atoms. The van der Waals surface area contributed by atoms with Gasteiger partial charge in [0.2, 0.25) is 0 Å². The fraction of sp³-hybridized carbons (Fsp3) is 0.444. The van der Waals surface area contributed by atoms with E-state index in [0.29, 0.717) is 18.2 Å². The van der Waals surface area contributed by atoms with Crippen LogP contribution >= 0.6 is 11.6 Å². The molecule has 0 unspecified atom stereocenters. The van der Waals surface area contributed by atoms with E-state index in [-0.39, 0.29) is 5.57 Å². The first-order valence-electron chi connectivity index (χ1n) is 8.07. The predicted octanol–water partition coefficient (Wildman–Crippen LogP) is 3.79. The number of unbranched alkanes of at least 4 members (excludes halogenated alkanes) is 1. The number of anilines is 1. The number of rotatable bonds is 10. The van der Waals surface area contributed by atoms with E-state index in [1.54, 1.807) is 6.07 Å². The molecule has 0 saturated heterocycles. The summed E-state index contributed by atoms with van der Waals surface area (Å²) < 4.78 is 5.41. The lowest BCUT2D eigenvalue weighted by Crippen LogP contribution is -2.26. The Bertz CT molecular complexity index is 609. The molecule has 5 nitrogen and oxygen atoms in total. The van der Waals surface area contributed by atoms with Gasteiger partial charge in [-0.15, -0.1) is 0 Å². The molecule has 130 valence electrons. The molecule has 0 radical (unpaired) electrons. The van der Waals surface area contributed by atoms with Gasteiger partial charge in [0.1, 0.15) is 11.6 Å². The van der Waals surface area contributed by atoms with Crippen molar-refractivity contribution in [1.29, 1.82) is 5.26 Å². The number of carbonyl (C=O) groups excluding carboxylic acids is 1. The number of ether oxygens (including phenoxy) is 1. The summed E-state index contributed by atoms with van der Waals surface area (Å²) in [5, 5.41) is 15.3. The molecule has 0 heterocycles. The molecule has 0 bridgehead atoms. The first-order valence-corrected chi connectivity index (χ1v) is 8.45. The Morgan fingerprint density at radius 3 is 2.79 bits per heavy atom. The Labute approximate surface area is 148 Å². The largest absolute Gasteiger partial charge is 0.381 e. The Morgan fingerprint density at radius 1 is 1.38 bits per heavy atom. The number of amides is 1. The van der Waals surface area contributed by atoms with Crippen molar-refractivity contribution < 1.29 is 9.53 Å². The number of hydrogen-bond acceptors (Lipinski definition) is 4. The third kappa shape index (κ3) is 7.49. The molecule has 0 aliphatic heterocycles. The molecule has 1 amide bonds. The zero-order valence-corrected chi connectivity index (χ0v) is 14.9. The van der Waals surface area contributed by atoms with E-state index in [4.69, 9.17) is 21.6 Å². The van der Waals surface area contributed by atoms with Gasteiger partial charge >= 0.3 is 0 Å². The van der Waals surface area contributed by atoms with E-state index in [1.165, 1.54) is 6.20 Å². The second-order valence-electron chi connectivity index (χ2n) is 5.35. The van der Waals surface area contributed by atoms with E-state index in [1.807, 2.05) is 25.1 Å². The van der Waals surface area contributed by atoms with Gasteiger partial charge in [0.25, 0.3) is 5.91 Å². The minimum Gasteiger partial charge on any atom is -0.381 e. The van der Waals surface area contributed by atoms with Crippen LogP contribution in [-0.2, 0) is 9.53 Å². The van der Waals surface area contributed by atoms with E-state index in [9.17, 15) is 4.79 Å². The standard InChI is InChI=1S/C18H24ClN3O2/c1-3-4-9-24-10-5-8-21-18(23)15(12-20)13-22-16-7-6-14(2)17(19)11-16/h6-7,11,13,22H,3-5,8-10H2,1-2H3,(H,21,23)/b15-13-. The first-order chi connectivity index (χ1) is 11.6. The molecule has 2 N–H and O–H groups in total. The van der Waals surface area contributed by atoms with Crippen LogP contribution in [0.4, 0.5) is 5.69 Å². The summed E-state index contributed by atoms with van der Waals surface area (Å²) in [6.07, 6.45) is 4.25. The number of nitriles is 1. The maximum atomic E-state index is 11.9. The van der Waals surface area contributed by atoms with Gasteiger partial charge in [-0.1, -0.05) is 31.0 Å². The van der Waals surface area contributed by atoms with Crippen molar-refractivity contribution in [3.8, 4) is 6.07 Å². The lowest BCUT2D eigenvalue weighted by atomic mass is 10.2. The number of halogens is 1. The van der Waals surface area contributed by atoms with Gasteiger partial charge in [-0.2, -0.15) is 5.26 Å². The van der Waals surface area contributed by atoms with Crippen molar-refractivity contribution in [3.63, 3.8) is 0 Å². The van der Waals surface area contributed by atoms with Crippen molar-refractivity contribution in [2.45, 2.75) is 33.1 Å². The highest BCUT2D eigenvalue weighted by Gasteiger charge is 2.08. The van der Waals surface area contributed by atoms with Crippen LogP contribution in [0.1, 0.15) is 31.7 Å². The number of hydrogen-bond donors (Lipinski definition) is 2. The van der Waals surface area contributed by atoms with Crippen molar-refractivity contribution in [3.05, 3.63) is 40.6 Å². The van der Waals surface area contributed by atoms with Crippen LogP contribution < -0.4 is 10.6 Å². The summed E-state index contributed by atoms with van der Waals surface area (Å²) in [4.78, 5) is 11.9. The van der Waals surface area contributed by atoms with Crippen LogP contribution in [0.3, 0.4) is 0 Å². The molecule has 1 rings (SSSR count). The van der Waals surface area contributed by atoms with Gasteiger partial charge in [-0.05, 0) is 37.5 Å². The molecular formula is C18H24ClN3O2. The predicted molar refractivity (Wildman–Crippen MR) is 96.9 cm³/mol. The quantitative estimate of drug-likeness (QED) is 0.383. The van der Waals surface area contributed by atoms with Crippen LogP contribution in [0, 0.1) is 18.3 Å². The molecular weight excluding hydrogens is 326 g/mol. The maximum Gasteiger partial charge on any atom is 0.263 e. The Hall–Kier alpha value is -2.03. The van der Waals surface area contributed by atoms with Crippen molar-refractivity contribution in [2.75, 3.05) is 25.1 Å². The highest BCUT2D eigenvalue weighted by molar-refractivity contribution is 6.31. The van der Waals surface area contributed by atoms with E-state index >= 15 is 0 Å². The third-order valence-electron chi connectivity index (χ3n) is 3.31. The highest BCUT2D eigenvalue weighted by Crippen LogP contribution is 2.20. The van der Waals surface area contributed by atoms with Gasteiger partial charge in [-0.25, -0.2) is 0 Å². The average molecular weight is 350 g/mol. The Morgan fingerprint density at radius 2 is 2.12 bits per heavy atom. The molecule has 6 heteroatoms. The number of carbonyl (C=O) groups is 1. The third-order valence-corrected chi connectivity index (χ3v) is 3.72. The van der Waals surface area contributed by atoms with E-state index < -0.39 is 5.91 Å². The fourth-order valence-electron chi connectivity index (χ4n) is 1.81. The van der Waals surface area contributed by atoms with Crippen LogP contribution in [-0.4, -0.2) is 25.7 Å². The van der Waals surface area contributed by atoms with E-state index in [0.717, 1.165) is 37.1 Å². The zero-order chi connectivity index (χ0) is 17.8. The smallest absolute Gasteiger partial charge is 0.263 e. The van der Waals surface area contributed by atoms with Gasteiger partial charge in [0, 0.05) is 36.7 Å². The van der Waals surface area contributed by atoms with Crippen molar-refractivity contribution >= 4 is 23.2 Å². The number of nitrogens with one attached hydrogen (secondary N) is 2. The SMILES string of the molecule is CCCCOCCCNC(=O)/C(C#N)=C\Nc1ccc(C)c(Cl)c1. The summed E-state index contributed by atoms with van der Waals surface area (Å²) in [7, 11) is 0. The van der Waals surface area contributed by atoms with Gasteiger partial charge in [0.05, 0.1) is 0 Å². The fourth-order valence-corrected chi connectivity index (χ4v) is 1.99. The summed E-state index contributed by atoms with van der Waals surface area (Å²) in [5.74, 6) is -0.406. The molecule has 0 spiro atoms. The maximum absolute atomic E-state index is 11.9. The van der Waals surface area contributed by atoms with Gasteiger partial charge < -0.3 is 15.4 Å². The molecule has 0 aliphatic rings. The molecule has 1 aromatic rings. The van der Waals surface area contributed by atoms with Crippen LogP contribution in [0.25, 0.3) is 0 Å². The van der Waals surface area contributed by atoms with Crippen molar-refractivity contribution in [2.24, 2.45) is 0 Å². The summed E-state index contributed by atoms with van der Waals surface area (Å²) >= 11 is 6.04. The summed E-state index contributed by atoms with van der Waals surface area (Å²) in [5.41, 5.74) is 1.69.